The highest BCUT2D eigenvalue weighted by Crippen LogP contribution is 2.33. The maximum Gasteiger partial charge on any atom is 0.0413 e. The summed E-state index contributed by atoms with van der Waals surface area (Å²) >= 11 is 1.81. The van der Waals surface area contributed by atoms with Crippen molar-refractivity contribution in [2.45, 2.75) is 39.7 Å². The molecule has 1 nitrogen and oxygen atoms in total. The third kappa shape index (κ3) is 3.26. The van der Waals surface area contributed by atoms with Crippen LogP contribution in [0, 0.1) is 5.92 Å². The summed E-state index contributed by atoms with van der Waals surface area (Å²) in [4.78, 5) is 2.58. The minimum absolute atomic E-state index is 0.147. The average Bonchev–Trinajstić information content (AvgIpc) is 2.87. The first-order chi connectivity index (χ1) is 8.99. The zero-order valence-electron chi connectivity index (χ0n) is 12.2. The van der Waals surface area contributed by atoms with Gasteiger partial charge in [0.15, 0.2) is 0 Å². The Morgan fingerprint density at radius 1 is 0.895 bits per heavy atom. The lowest BCUT2D eigenvalue weighted by Crippen LogP contribution is -2.14. The summed E-state index contributed by atoms with van der Waals surface area (Å²) in [5.41, 5.74) is 8.88. The first-order valence-corrected chi connectivity index (χ1v) is 7.76. The first-order valence-electron chi connectivity index (χ1n) is 6.94. The van der Waals surface area contributed by atoms with Crippen molar-refractivity contribution in [3.63, 3.8) is 0 Å². The minimum atomic E-state index is 0.147. The summed E-state index contributed by atoms with van der Waals surface area (Å²) in [5, 5.41) is 0. The summed E-state index contributed by atoms with van der Waals surface area (Å²) in [6.07, 6.45) is 0. The zero-order chi connectivity index (χ0) is 14.0. The van der Waals surface area contributed by atoms with Crippen molar-refractivity contribution in [3.05, 3.63) is 46.8 Å². The molecule has 0 amide bonds. The molecule has 0 saturated carbocycles. The van der Waals surface area contributed by atoms with Gasteiger partial charge in [0, 0.05) is 15.8 Å². The van der Waals surface area contributed by atoms with E-state index >= 15 is 0 Å². The number of rotatable bonds is 4. The molecule has 1 aromatic heterocycles. The molecule has 102 valence electrons. The molecule has 1 aromatic carbocycles. The molecule has 2 aromatic rings. The van der Waals surface area contributed by atoms with Crippen LogP contribution >= 0.6 is 11.3 Å². The van der Waals surface area contributed by atoms with Gasteiger partial charge in [-0.1, -0.05) is 52.0 Å². The van der Waals surface area contributed by atoms with Crippen molar-refractivity contribution in [1.29, 1.82) is 0 Å². The molecule has 0 aliphatic heterocycles. The second kappa shape index (κ2) is 5.89. The van der Waals surface area contributed by atoms with Crippen molar-refractivity contribution in [2.24, 2.45) is 11.7 Å². The van der Waals surface area contributed by atoms with Crippen LogP contribution in [0.3, 0.4) is 0 Å². The molecule has 0 aliphatic rings. The topological polar surface area (TPSA) is 26.0 Å². The van der Waals surface area contributed by atoms with Crippen molar-refractivity contribution in [2.75, 3.05) is 0 Å². The van der Waals surface area contributed by atoms with E-state index in [1.54, 1.807) is 0 Å². The molecule has 1 heterocycles. The van der Waals surface area contributed by atoms with Gasteiger partial charge in [-0.25, -0.2) is 0 Å². The Morgan fingerprint density at radius 2 is 1.53 bits per heavy atom. The van der Waals surface area contributed by atoms with Gasteiger partial charge in [-0.15, -0.1) is 11.3 Å². The Kier molecular flexibility index (Phi) is 4.43. The van der Waals surface area contributed by atoms with E-state index in [0.29, 0.717) is 11.8 Å². The third-order valence-corrected chi connectivity index (χ3v) is 4.77. The standard InChI is InChI=1S/C17H23NS/c1-11(2)13-5-7-14(8-6-13)15-9-10-16(19-15)17(18)12(3)4/h5-12,17H,18H2,1-4H3. The number of benzene rings is 1. The normalized spacial score (nSPS) is 13.2. The van der Waals surface area contributed by atoms with E-state index in [-0.39, 0.29) is 6.04 Å². The van der Waals surface area contributed by atoms with Crippen LogP contribution in [0.25, 0.3) is 10.4 Å². The van der Waals surface area contributed by atoms with Gasteiger partial charge in [-0.05, 0) is 35.1 Å². The van der Waals surface area contributed by atoms with Gasteiger partial charge >= 0.3 is 0 Å². The fourth-order valence-electron chi connectivity index (χ4n) is 2.05. The van der Waals surface area contributed by atoms with E-state index < -0.39 is 0 Å². The van der Waals surface area contributed by atoms with Crippen LogP contribution in [-0.2, 0) is 0 Å². The largest absolute Gasteiger partial charge is 0.323 e. The number of hydrogen-bond donors (Lipinski definition) is 1. The quantitative estimate of drug-likeness (QED) is 0.814. The van der Waals surface area contributed by atoms with Crippen LogP contribution in [0.4, 0.5) is 0 Å². The van der Waals surface area contributed by atoms with Gasteiger partial charge in [0.2, 0.25) is 0 Å². The van der Waals surface area contributed by atoms with E-state index in [1.165, 1.54) is 20.9 Å². The predicted octanol–water partition coefficient (Wildman–Crippen LogP) is 5.19. The molecule has 1 atom stereocenters. The van der Waals surface area contributed by atoms with E-state index in [1.807, 2.05) is 11.3 Å². The molecule has 19 heavy (non-hydrogen) atoms. The molecule has 2 N–H and O–H groups in total. The smallest absolute Gasteiger partial charge is 0.0413 e. The molecular formula is C17H23NS. The summed E-state index contributed by atoms with van der Waals surface area (Å²) < 4.78 is 0. The summed E-state index contributed by atoms with van der Waals surface area (Å²) in [5.74, 6) is 1.07. The lowest BCUT2D eigenvalue weighted by atomic mass is 10.0. The van der Waals surface area contributed by atoms with Crippen LogP contribution in [0.15, 0.2) is 36.4 Å². The highest BCUT2D eigenvalue weighted by Gasteiger charge is 2.13. The average molecular weight is 273 g/mol. The van der Waals surface area contributed by atoms with Gasteiger partial charge in [0.25, 0.3) is 0 Å². The van der Waals surface area contributed by atoms with Crippen LogP contribution in [0.2, 0.25) is 0 Å². The van der Waals surface area contributed by atoms with Gasteiger partial charge in [0.1, 0.15) is 0 Å². The lowest BCUT2D eigenvalue weighted by Gasteiger charge is -2.12. The molecule has 2 rings (SSSR count). The Balaban J connectivity index is 2.23. The highest BCUT2D eigenvalue weighted by molar-refractivity contribution is 7.15. The third-order valence-electron chi connectivity index (χ3n) is 3.54. The number of nitrogens with two attached hydrogens (primary N) is 1. The van der Waals surface area contributed by atoms with Crippen LogP contribution in [0.1, 0.15) is 50.1 Å². The van der Waals surface area contributed by atoms with Gasteiger partial charge in [-0.2, -0.15) is 0 Å². The molecule has 0 saturated heterocycles. The Bertz CT molecular complexity index is 522. The molecule has 0 radical (unpaired) electrons. The fourth-order valence-corrected chi connectivity index (χ4v) is 3.24. The van der Waals surface area contributed by atoms with E-state index in [0.717, 1.165) is 0 Å². The summed E-state index contributed by atoms with van der Waals surface area (Å²) in [6.45, 7) is 8.78. The van der Waals surface area contributed by atoms with Gasteiger partial charge < -0.3 is 5.73 Å². The van der Waals surface area contributed by atoms with E-state index in [4.69, 9.17) is 5.73 Å². The highest BCUT2D eigenvalue weighted by atomic mass is 32.1. The molecule has 0 aliphatic carbocycles. The van der Waals surface area contributed by atoms with Gasteiger partial charge in [0.05, 0.1) is 0 Å². The van der Waals surface area contributed by atoms with Crippen molar-refractivity contribution < 1.29 is 0 Å². The van der Waals surface area contributed by atoms with E-state index in [9.17, 15) is 0 Å². The molecular weight excluding hydrogens is 250 g/mol. The molecule has 1 unspecified atom stereocenters. The van der Waals surface area contributed by atoms with Crippen molar-refractivity contribution >= 4 is 11.3 Å². The zero-order valence-corrected chi connectivity index (χ0v) is 13.0. The molecule has 0 fully saturated rings. The lowest BCUT2D eigenvalue weighted by molar-refractivity contribution is 0.521. The summed E-state index contributed by atoms with van der Waals surface area (Å²) in [7, 11) is 0. The minimum Gasteiger partial charge on any atom is -0.323 e. The monoisotopic (exact) mass is 273 g/mol. The van der Waals surface area contributed by atoms with Crippen molar-refractivity contribution in [3.8, 4) is 10.4 Å². The Labute approximate surface area is 120 Å². The maximum atomic E-state index is 6.20. The van der Waals surface area contributed by atoms with Crippen LogP contribution in [0.5, 0.6) is 0 Å². The molecule has 0 bridgehead atoms. The SMILES string of the molecule is CC(C)c1ccc(-c2ccc(C(N)C(C)C)s2)cc1. The second-order valence-electron chi connectivity index (χ2n) is 5.75. The van der Waals surface area contributed by atoms with Crippen molar-refractivity contribution in [1.82, 2.24) is 0 Å². The number of thiophene rings is 1. The van der Waals surface area contributed by atoms with E-state index in [2.05, 4.69) is 64.1 Å². The summed E-state index contributed by atoms with van der Waals surface area (Å²) in [6, 6.07) is 13.4. The maximum absolute atomic E-state index is 6.20. The predicted molar refractivity (Wildman–Crippen MR) is 85.6 cm³/mol. The molecule has 2 heteroatoms. The Hall–Kier alpha value is -1.12. The number of hydrogen-bond acceptors (Lipinski definition) is 2. The second-order valence-corrected chi connectivity index (χ2v) is 6.86. The van der Waals surface area contributed by atoms with Crippen LogP contribution in [-0.4, -0.2) is 0 Å². The molecule has 0 spiro atoms. The fraction of sp³-hybridized carbons (Fsp3) is 0.412. The Morgan fingerprint density at radius 3 is 2.05 bits per heavy atom. The van der Waals surface area contributed by atoms with Gasteiger partial charge in [-0.3, -0.25) is 0 Å². The van der Waals surface area contributed by atoms with Crippen LogP contribution < -0.4 is 5.73 Å². The first kappa shape index (κ1) is 14.3.